The van der Waals surface area contributed by atoms with E-state index in [1.54, 1.807) is 30.3 Å². The third-order valence-electron chi connectivity index (χ3n) is 4.36. The van der Waals surface area contributed by atoms with Crippen LogP contribution in [0.15, 0.2) is 72.4 Å². The predicted octanol–water partition coefficient (Wildman–Crippen LogP) is 4.57. The van der Waals surface area contributed by atoms with Gasteiger partial charge in [-0.05, 0) is 102 Å². The van der Waals surface area contributed by atoms with Gasteiger partial charge < -0.3 is 4.57 Å². The van der Waals surface area contributed by atoms with E-state index >= 15 is 0 Å². The second-order valence-corrected chi connectivity index (χ2v) is 8.28. The Morgan fingerprint density at radius 2 is 1.62 bits per heavy atom. The molecule has 0 radical (unpaired) electrons. The largest absolute Gasteiger partial charge is 0.317 e. The SMILES string of the molecule is O=C1NC(=S)N(c2ccc(Cl)cc2)C(=O)/C1=C/c1cccn1-c1ccc(I)cc1. The first kappa shape index (κ1) is 19.8. The van der Waals surface area contributed by atoms with Gasteiger partial charge in [0.05, 0.1) is 5.69 Å². The lowest BCUT2D eigenvalue weighted by Gasteiger charge is -2.29. The molecule has 1 saturated heterocycles. The molecule has 0 unspecified atom stereocenters. The lowest BCUT2D eigenvalue weighted by molar-refractivity contribution is -0.122. The minimum absolute atomic E-state index is 0.000915. The van der Waals surface area contributed by atoms with E-state index in [0.717, 1.165) is 9.26 Å². The molecule has 1 aliphatic rings. The number of nitrogens with zero attached hydrogens (tertiary/aromatic N) is 2. The highest BCUT2D eigenvalue weighted by Crippen LogP contribution is 2.24. The van der Waals surface area contributed by atoms with Gasteiger partial charge in [-0.3, -0.25) is 19.8 Å². The Kier molecular flexibility index (Phi) is 5.53. The first-order valence-electron chi connectivity index (χ1n) is 8.54. The summed E-state index contributed by atoms with van der Waals surface area (Å²) >= 11 is 13.4. The zero-order valence-corrected chi connectivity index (χ0v) is 18.5. The molecule has 0 spiro atoms. The lowest BCUT2D eigenvalue weighted by Crippen LogP contribution is -2.54. The highest BCUT2D eigenvalue weighted by atomic mass is 127. The first-order valence-corrected chi connectivity index (χ1v) is 10.4. The summed E-state index contributed by atoms with van der Waals surface area (Å²) in [4.78, 5) is 26.9. The third-order valence-corrected chi connectivity index (χ3v) is 5.62. The van der Waals surface area contributed by atoms with E-state index in [1.165, 1.54) is 4.90 Å². The summed E-state index contributed by atoms with van der Waals surface area (Å²) in [7, 11) is 0. The zero-order chi connectivity index (χ0) is 20.5. The van der Waals surface area contributed by atoms with Crippen molar-refractivity contribution in [2.24, 2.45) is 0 Å². The zero-order valence-electron chi connectivity index (χ0n) is 14.8. The number of amides is 2. The second-order valence-electron chi connectivity index (χ2n) is 6.21. The molecule has 2 amide bonds. The maximum absolute atomic E-state index is 13.1. The van der Waals surface area contributed by atoms with Crippen LogP contribution < -0.4 is 10.2 Å². The van der Waals surface area contributed by atoms with Crippen molar-refractivity contribution < 1.29 is 9.59 Å². The van der Waals surface area contributed by atoms with Crippen LogP contribution in [0.4, 0.5) is 5.69 Å². The van der Waals surface area contributed by atoms with Gasteiger partial charge in [0.2, 0.25) is 0 Å². The van der Waals surface area contributed by atoms with E-state index in [9.17, 15) is 9.59 Å². The molecule has 2 heterocycles. The Labute approximate surface area is 191 Å². The number of rotatable bonds is 3. The van der Waals surface area contributed by atoms with Crippen molar-refractivity contribution in [2.75, 3.05) is 4.90 Å². The van der Waals surface area contributed by atoms with Crippen LogP contribution in [0.1, 0.15) is 5.69 Å². The molecule has 5 nitrogen and oxygen atoms in total. The second kappa shape index (κ2) is 8.10. The van der Waals surface area contributed by atoms with Gasteiger partial charge in [0.25, 0.3) is 11.8 Å². The number of aromatic nitrogens is 1. The van der Waals surface area contributed by atoms with Gasteiger partial charge in [0.1, 0.15) is 5.57 Å². The van der Waals surface area contributed by atoms with Gasteiger partial charge in [-0.15, -0.1) is 0 Å². The van der Waals surface area contributed by atoms with Crippen LogP contribution in [0.5, 0.6) is 0 Å². The summed E-state index contributed by atoms with van der Waals surface area (Å²) in [5, 5.41) is 3.16. The van der Waals surface area contributed by atoms with Crippen LogP contribution in [0.25, 0.3) is 11.8 Å². The number of carbonyl (C=O) groups excluding carboxylic acids is 2. The standard InChI is InChI=1S/C21H13ClIN3O2S/c22-13-3-7-16(8-4-13)26-20(28)18(19(27)24-21(26)29)12-17-2-1-11-25(17)15-9-5-14(23)6-10-15/h1-12H,(H,24,27,29)/b18-12+. The molecule has 8 heteroatoms. The number of hydrogen-bond donors (Lipinski definition) is 1. The predicted molar refractivity (Wildman–Crippen MR) is 126 cm³/mol. The molecule has 0 aliphatic carbocycles. The van der Waals surface area contributed by atoms with Crippen LogP contribution in [0.2, 0.25) is 5.02 Å². The summed E-state index contributed by atoms with van der Waals surface area (Å²) in [5.41, 5.74) is 2.16. The molecular weight excluding hydrogens is 521 g/mol. The molecule has 0 atom stereocenters. The van der Waals surface area contributed by atoms with Gasteiger partial charge in [-0.2, -0.15) is 0 Å². The fourth-order valence-corrected chi connectivity index (χ4v) is 3.75. The first-order chi connectivity index (χ1) is 13.9. The number of halogens is 2. The van der Waals surface area contributed by atoms with Gasteiger partial charge in [0.15, 0.2) is 5.11 Å². The number of hydrogen-bond acceptors (Lipinski definition) is 3. The molecular formula is C21H13ClIN3O2S. The summed E-state index contributed by atoms with van der Waals surface area (Å²) in [6, 6.07) is 18.3. The Morgan fingerprint density at radius 1 is 0.966 bits per heavy atom. The quantitative estimate of drug-likeness (QED) is 0.232. The van der Waals surface area contributed by atoms with E-state index in [-0.39, 0.29) is 10.7 Å². The van der Waals surface area contributed by atoms with Crippen LogP contribution in [0.3, 0.4) is 0 Å². The van der Waals surface area contributed by atoms with Crippen molar-refractivity contribution in [3.63, 3.8) is 0 Å². The molecule has 3 aromatic rings. The summed E-state index contributed by atoms with van der Waals surface area (Å²) in [5.74, 6) is -1.02. The van der Waals surface area contributed by atoms with Crippen molar-refractivity contribution in [1.29, 1.82) is 0 Å². The van der Waals surface area contributed by atoms with Crippen LogP contribution in [-0.4, -0.2) is 21.5 Å². The lowest BCUT2D eigenvalue weighted by atomic mass is 10.1. The maximum Gasteiger partial charge on any atom is 0.270 e. The topological polar surface area (TPSA) is 54.3 Å². The molecule has 1 aromatic heterocycles. The van der Waals surface area contributed by atoms with Gasteiger partial charge in [-0.1, -0.05) is 11.6 Å². The smallest absolute Gasteiger partial charge is 0.270 e. The van der Waals surface area contributed by atoms with Crippen molar-refractivity contribution in [1.82, 2.24) is 9.88 Å². The number of nitrogens with one attached hydrogen (secondary N) is 1. The highest BCUT2D eigenvalue weighted by molar-refractivity contribution is 14.1. The Balaban J connectivity index is 1.73. The minimum atomic E-state index is -0.527. The molecule has 2 aromatic carbocycles. The van der Waals surface area contributed by atoms with Gasteiger partial charge in [0, 0.05) is 26.2 Å². The van der Waals surface area contributed by atoms with Crippen LogP contribution in [0, 0.1) is 3.57 Å². The summed E-state index contributed by atoms with van der Waals surface area (Å²) in [6.45, 7) is 0. The third kappa shape index (κ3) is 3.98. The molecule has 0 saturated carbocycles. The Hall–Kier alpha value is -2.49. The van der Waals surface area contributed by atoms with E-state index in [0.29, 0.717) is 16.4 Å². The van der Waals surface area contributed by atoms with E-state index in [4.69, 9.17) is 23.8 Å². The summed E-state index contributed by atoms with van der Waals surface area (Å²) < 4.78 is 3.02. The van der Waals surface area contributed by atoms with Gasteiger partial charge in [-0.25, -0.2) is 0 Å². The van der Waals surface area contributed by atoms with Crippen molar-refractivity contribution in [2.45, 2.75) is 0 Å². The van der Waals surface area contributed by atoms with Crippen LogP contribution >= 0.6 is 46.4 Å². The molecule has 1 N–H and O–H groups in total. The normalized spacial score (nSPS) is 15.7. The minimum Gasteiger partial charge on any atom is -0.317 e. The van der Waals surface area contributed by atoms with E-state index in [2.05, 4.69) is 27.9 Å². The molecule has 4 rings (SSSR count). The average Bonchev–Trinajstić information content (AvgIpc) is 3.15. The molecule has 29 heavy (non-hydrogen) atoms. The molecule has 1 aliphatic heterocycles. The number of anilines is 1. The summed E-state index contributed by atoms with van der Waals surface area (Å²) in [6.07, 6.45) is 3.45. The van der Waals surface area contributed by atoms with Crippen molar-refractivity contribution >= 4 is 75.1 Å². The maximum atomic E-state index is 13.1. The number of carbonyl (C=O) groups is 2. The number of thiocarbonyl (C=S) groups is 1. The van der Waals surface area contributed by atoms with Crippen molar-refractivity contribution in [3.8, 4) is 5.69 Å². The molecule has 144 valence electrons. The fourth-order valence-electron chi connectivity index (χ4n) is 2.98. The number of benzene rings is 2. The van der Waals surface area contributed by atoms with E-state index in [1.807, 2.05) is 47.2 Å². The highest BCUT2D eigenvalue weighted by Gasteiger charge is 2.34. The molecule has 1 fully saturated rings. The molecule has 0 bridgehead atoms. The van der Waals surface area contributed by atoms with Crippen molar-refractivity contribution in [3.05, 3.63) is 86.7 Å². The fraction of sp³-hybridized carbons (Fsp3) is 0. The Morgan fingerprint density at radius 3 is 2.31 bits per heavy atom. The van der Waals surface area contributed by atoms with E-state index < -0.39 is 11.8 Å². The average molecular weight is 534 g/mol. The monoisotopic (exact) mass is 533 g/mol. The Bertz CT molecular complexity index is 1150. The van der Waals surface area contributed by atoms with Crippen LogP contribution in [-0.2, 0) is 9.59 Å². The van der Waals surface area contributed by atoms with Gasteiger partial charge >= 0.3 is 0 Å².